The van der Waals surface area contributed by atoms with Crippen LogP contribution in [0.2, 0.25) is 0 Å². The van der Waals surface area contributed by atoms with Crippen molar-refractivity contribution in [1.29, 1.82) is 0 Å². The molecule has 4 unspecified atom stereocenters. The van der Waals surface area contributed by atoms with Crippen LogP contribution in [0.25, 0.3) is 5.65 Å². The van der Waals surface area contributed by atoms with Crippen molar-refractivity contribution in [3.63, 3.8) is 0 Å². The predicted molar refractivity (Wildman–Crippen MR) is 90.9 cm³/mol. The molecule has 2 bridgehead atoms. The molecule has 1 N–H and O–H groups in total. The Labute approximate surface area is 154 Å². The number of aromatic nitrogens is 2. The number of hydrogen-bond acceptors (Lipinski definition) is 2. The van der Waals surface area contributed by atoms with Crippen molar-refractivity contribution in [2.45, 2.75) is 38.3 Å². The van der Waals surface area contributed by atoms with Gasteiger partial charge in [-0.25, -0.2) is 4.98 Å². The van der Waals surface area contributed by atoms with E-state index in [1.165, 1.54) is 42.6 Å². The zero-order valence-corrected chi connectivity index (χ0v) is 14.7. The largest absolute Gasteiger partial charge is 0.434 e. The molecule has 142 valence electrons. The summed E-state index contributed by atoms with van der Waals surface area (Å²) >= 11 is 0. The normalized spacial score (nSPS) is 38.4. The first-order valence-electron chi connectivity index (χ1n) is 9.63. The third kappa shape index (κ3) is 2.17. The van der Waals surface area contributed by atoms with E-state index >= 15 is 0 Å². The summed E-state index contributed by atoms with van der Waals surface area (Å²) in [6.45, 7) is 0.629. The van der Waals surface area contributed by atoms with Crippen LogP contribution < -0.4 is 5.32 Å². The van der Waals surface area contributed by atoms with Gasteiger partial charge in [-0.1, -0.05) is 6.07 Å². The van der Waals surface area contributed by atoms with Crippen LogP contribution in [0.4, 0.5) is 13.2 Å². The fourth-order valence-corrected chi connectivity index (χ4v) is 6.56. The van der Waals surface area contributed by atoms with E-state index in [0.717, 1.165) is 24.0 Å². The van der Waals surface area contributed by atoms with Gasteiger partial charge < -0.3 is 5.32 Å². The van der Waals surface area contributed by atoms with Crippen LogP contribution >= 0.6 is 0 Å². The number of rotatable bonds is 3. The number of carbonyl (C=O) groups excluding carboxylic acids is 1. The third-order valence-corrected chi connectivity index (χ3v) is 7.66. The molecule has 2 heterocycles. The monoisotopic (exact) mass is 375 g/mol. The van der Waals surface area contributed by atoms with Crippen LogP contribution in [-0.4, -0.2) is 21.8 Å². The number of fused-ring (bicyclic) bond motifs is 3. The Bertz CT molecular complexity index is 978. The maximum Gasteiger partial charge on any atom is 0.434 e. The average molecular weight is 375 g/mol. The van der Waals surface area contributed by atoms with Gasteiger partial charge in [-0.3, -0.25) is 9.20 Å². The van der Waals surface area contributed by atoms with Crippen molar-refractivity contribution < 1.29 is 18.0 Å². The van der Waals surface area contributed by atoms with E-state index in [4.69, 9.17) is 0 Å². The highest BCUT2D eigenvalue weighted by Crippen LogP contribution is 2.83. The minimum absolute atomic E-state index is 0.132. The smallest absolute Gasteiger partial charge is 0.350 e. The molecule has 4 nitrogen and oxygen atoms in total. The van der Waals surface area contributed by atoms with E-state index < -0.39 is 11.9 Å². The van der Waals surface area contributed by atoms with Crippen molar-refractivity contribution in [2.24, 2.45) is 28.6 Å². The number of alkyl halides is 3. The molecule has 4 fully saturated rings. The zero-order valence-electron chi connectivity index (χ0n) is 14.7. The number of hydrogen-bond donors (Lipinski definition) is 1. The highest BCUT2D eigenvalue weighted by atomic mass is 19.4. The molecule has 1 spiro atoms. The van der Waals surface area contributed by atoms with Gasteiger partial charge in [0, 0.05) is 12.7 Å². The van der Waals surface area contributed by atoms with Gasteiger partial charge in [0.2, 0.25) is 0 Å². The highest BCUT2D eigenvalue weighted by molar-refractivity contribution is 5.93. The molecule has 1 amide bonds. The van der Waals surface area contributed by atoms with Crippen LogP contribution in [0, 0.1) is 28.6 Å². The average Bonchev–Trinajstić information content (AvgIpc) is 3.43. The Morgan fingerprint density at radius 2 is 2.15 bits per heavy atom. The number of pyridine rings is 1. The van der Waals surface area contributed by atoms with E-state index in [0.29, 0.717) is 12.0 Å². The van der Waals surface area contributed by atoms with Gasteiger partial charge in [0.15, 0.2) is 5.69 Å². The van der Waals surface area contributed by atoms with Crippen LogP contribution in [0.1, 0.15) is 48.3 Å². The molecule has 0 aliphatic heterocycles. The van der Waals surface area contributed by atoms with E-state index in [-0.39, 0.29) is 22.7 Å². The third-order valence-electron chi connectivity index (χ3n) is 7.66. The van der Waals surface area contributed by atoms with Gasteiger partial charge in [-0.15, -0.1) is 0 Å². The zero-order chi connectivity index (χ0) is 18.6. The van der Waals surface area contributed by atoms with Crippen molar-refractivity contribution >= 4 is 11.6 Å². The number of halogens is 3. The maximum atomic E-state index is 13.0. The van der Waals surface area contributed by atoms with Gasteiger partial charge in [-0.2, -0.15) is 13.2 Å². The second-order valence-electron chi connectivity index (χ2n) is 9.27. The molecule has 4 aliphatic carbocycles. The SMILES string of the molecule is O=C(NCC12CC3C[C@@H]3C3(CC3C1)C2)c1cccc2nc(C(F)(F)F)cn12. The van der Waals surface area contributed by atoms with Crippen molar-refractivity contribution in [3.8, 4) is 0 Å². The fourth-order valence-electron chi connectivity index (χ4n) is 6.56. The lowest BCUT2D eigenvalue weighted by Gasteiger charge is -2.36. The molecule has 4 aliphatic rings. The maximum absolute atomic E-state index is 13.0. The van der Waals surface area contributed by atoms with Gasteiger partial charge >= 0.3 is 6.18 Å². The Morgan fingerprint density at radius 3 is 2.96 bits per heavy atom. The number of carbonyl (C=O) groups is 1. The number of nitrogens with zero attached hydrogens (tertiary/aromatic N) is 2. The second-order valence-corrected chi connectivity index (χ2v) is 9.27. The second kappa shape index (κ2) is 4.67. The summed E-state index contributed by atoms with van der Waals surface area (Å²) in [5.41, 5.74) is 0.138. The Balaban J connectivity index is 1.24. The Morgan fingerprint density at radius 1 is 1.30 bits per heavy atom. The Kier molecular flexibility index (Phi) is 2.76. The summed E-state index contributed by atoms with van der Waals surface area (Å²) < 4.78 is 40.1. The van der Waals surface area contributed by atoms with Gasteiger partial charge in [0.05, 0.1) is 0 Å². The summed E-state index contributed by atoms with van der Waals surface area (Å²) in [5, 5.41) is 3.04. The molecule has 6 rings (SSSR count). The van der Waals surface area contributed by atoms with Crippen molar-refractivity contribution in [1.82, 2.24) is 14.7 Å². The predicted octanol–water partition coefficient (Wildman–Crippen LogP) is 3.91. The van der Waals surface area contributed by atoms with Crippen molar-refractivity contribution in [2.75, 3.05) is 6.54 Å². The minimum atomic E-state index is -4.53. The topological polar surface area (TPSA) is 46.4 Å². The lowest BCUT2D eigenvalue weighted by Crippen LogP contribution is -2.40. The van der Waals surface area contributed by atoms with E-state index in [9.17, 15) is 18.0 Å². The minimum Gasteiger partial charge on any atom is -0.350 e. The van der Waals surface area contributed by atoms with Gasteiger partial charge in [0.1, 0.15) is 11.3 Å². The molecular formula is C20H20F3N3O. The van der Waals surface area contributed by atoms with E-state index in [2.05, 4.69) is 10.3 Å². The van der Waals surface area contributed by atoms with Gasteiger partial charge in [-0.05, 0) is 72.8 Å². The fraction of sp³-hybridized carbons (Fsp3) is 0.600. The molecule has 0 saturated heterocycles. The molecule has 2 aromatic heterocycles. The first kappa shape index (κ1) is 16.0. The summed E-state index contributed by atoms with van der Waals surface area (Å²) in [6.07, 6.45) is 2.73. The van der Waals surface area contributed by atoms with Crippen LogP contribution in [0.3, 0.4) is 0 Å². The van der Waals surface area contributed by atoms with Crippen molar-refractivity contribution in [3.05, 3.63) is 35.8 Å². The highest BCUT2D eigenvalue weighted by Gasteiger charge is 2.76. The molecule has 2 aromatic rings. The number of imidazole rings is 1. The van der Waals surface area contributed by atoms with Crippen LogP contribution in [0.15, 0.2) is 24.4 Å². The lowest BCUT2D eigenvalue weighted by atomic mass is 9.71. The lowest BCUT2D eigenvalue weighted by molar-refractivity contribution is -0.140. The summed E-state index contributed by atoms with van der Waals surface area (Å²) in [7, 11) is 0. The van der Waals surface area contributed by atoms with E-state index in [1.54, 1.807) is 12.1 Å². The molecule has 27 heavy (non-hydrogen) atoms. The molecular weight excluding hydrogens is 355 g/mol. The van der Waals surface area contributed by atoms with Crippen LogP contribution in [0.5, 0.6) is 0 Å². The summed E-state index contributed by atoms with van der Waals surface area (Å²) in [5.74, 6) is 2.30. The van der Waals surface area contributed by atoms with E-state index in [1.807, 2.05) is 0 Å². The molecule has 0 aromatic carbocycles. The first-order chi connectivity index (χ1) is 12.8. The molecule has 0 radical (unpaired) electrons. The Hall–Kier alpha value is -2.05. The quantitative estimate of drug-likeness (QED) is 0.884. The first-order valence-corrected chi connectivity index (χ1v) is 9.63. The molecule has 4 saturated carbocycles. The van der Waals surface area contributed by atoms with Gasteiger partial charge in [0.25, 0.3) is 5.91 Å². The summed E-state index contributed by atoms with van der Waals surface area (Å²) in [6, 6.07) is 4.60. The number of amides is 1. The van der Waals surface area contributed by atoms with Crippen LogP contribution in [-0.2, 0) is 6.18 Å². The summed E-state index contributed by atoms with van der Waals surface area (Å²) in [4.78, 5) is 16.4. The molecule has 7 heteroatoms. The number of nitrogens with one attached hydrogen (secondary N) is 1. The molecule has 5 atom stereocenters. The standard InChI is InChI=1S/C20H20F3N3O/c21-20(22,23)15-8-26-14(2-1-3-16(26)25-15)17(27)24-10-18-5-11-4-13(11)19(9-18)7-12(19)6-18/h1-3,8,11-13H,4-7,9-10H2,(H,24,27)/t11?,12?,13-,18?,19?/m0/s1.